The Morgan fingerprint density at radius 3 is 1.92 bits per heavy atom. The Morgan fingerprint density at radius 1 is 1.31 bits per heavy atom. The van der Waals surface area contributed by atoms with E-state index in [2.05, 4.69) is 4.52 Å². The first-order valence-electron chi connectivity index (χ1n) is 3.38. The molecule has 0 aliphatic rings. The van der Waals surface area contributed by atoms with Gasteiger partial charge in [0, 0.05) is 0 Å². The number of rotatable bonds is 6. The Labute approximate surface area is 83.5 Å². The molecule has 6 nitrogen and oxygen atoms in total. The third kappa shape index (κ3) is 5.10. The van der Waals surface area contributed by atoms with Crippen LogP contribution in [0.3, 0.4) is 0 Å². The van der Waals surface area contributed by atoms with Crippen LogP contribution in [0.4, 0.5) is 0 Å². The van der Waals surface area contributed by atoms with E-state index in [0.29, 0.717) is 0 Å². The molecule has 0 aromatic rings. The van der Waals surface area contributed by atoms with E-state index >= 15 is 0 Å². The molecule has 1 atom stereocenters. The average molecular weight is 277 g/mol. The molecule has 0 saturated carbocycles. The second-order valence-electron chi connectivity index (χ2n) is 2.69. The van der Waals surface area contributed by atoms with Gasteiger partial charge in [0.05, 0.1) is 0 Å². The first-order chi connectivity index (χ1) is 5.89. The predicted molar refractivity (Wildman–Crippen MR) is 43.0 cm³/mol. The Balaban J connectivity index is 4.19. The van der Waals surface area contributed by atoms with E-state index in [-0.39, 0.29) is 0 Å². The third-order valence-electron chi connectivity index (χ3n) is 1.54. The summed E-state index contributed by atoms with van der Waals surface area (Å²) in [4.78, 5) is 10.5. The van der Waals surface area contributed by atoms with Crippen molar-refractivity contribution in [1.29, 1.82) is 0 Å². The van der Waals surface area contributed by atoms with Gasteiger partial charge in [-0.1, -0.05) is 0 Å². The van der Waals surface area contributed by atoms with Gasteiger partial charge in [-0.25, -0.2) is 0 Å². The summed E-state index contributed by atoms with van der Waals surface area (Å²) >= 11 is 1.79. The molecule has 0 fully saturated rings. The molecule has 80 valence electrons. The van der Waals surface area contributed by atoms with Crippen LogP contribution < -0.4 is 4.89 Å². The molecule has 3 N–H and O–H groups in total. The minimum atomic E-state index is -4.01. The molecule has 0 amide bonds. The zero-order valence-corrected chi connectivity index (χ0v) is 9.36. The van der Waals surface area contributed by atoms with Gasteiger partial charge >= 0.3 is 83.0 Å². The maximum atomic E-state index is 10.5. The van der Waals surface area contributed by atoms with Crippen LogP contribution in [0.15, 0.2) is 0 Å². The number of hydrogen-bond acceptors (Lipinski definition) is 6. The van der Waals surface area contributed by atoms with E-state index in [1.165, 1.54) is 0 Å². The molecule has 0 spiro atoms. The van der Waals surface area contributed by atoms with Gasteiger partial charge in [-0.05, 0) is 0 Å². The van der Waals surface area contributed by atoms with Gasteiger partial charge in [0.1, 0.15) is 0 Å². The van der Waals surface area contributed by atoms with Crippen LogP contribution in [0.5, 0.6) is 0 Å². The van der Waals surface area contributed by atoms with Gasteiger partial charge in [-0.3, -0.25) is 0 Å². The Bertz CT molecular complexity index is 179. The summed E-state index contributed by atoms with van der Waals surface area (Å²) in [5.74, 6) is 0. The first-order valence-corrected chi connectivity index (χ1v) is 7.14. The van der Waals surface area contributed by atoms with E-state index < -0.39 is 38.1 Å². The van der Waals surface area contributed by atoms with Crippen molar-refractivity contribution in [3.63, 3.8) is 0 Å². The van der Waals surface area contributed by atoms with Crippen LogP contribution in [-0.4, -0.2) is 57.3 Å². The number of aliphatic hydroxyl groups is 3. The van der Waals surface area contributed by atoms with Gasteiger partial charge in [-0.2, -0.15) is 0 Å². The summed E-state index contributed by atoms with van der Waals surface area (Å²) in [5.41, 5.74) is -1.32. The molecular weight excluding hydrogens is 266 g/mol. The van der Waals surface area contributed by atoms with E-state index in [1.807, 2.05) is 0 Å². The Hall–Kier alpha value is 0.549. The normalized spacial score (nSPS) is 17.0. The Kier molecular flexibility index (Phi) is 5.67. The molecular formula is C5H11O6PSe-2. The molecule has 0 rings (SSSR count). The molecule has 1 unspecified atom stereocenters. The standard InChI is InChI=1S/C5H13O6PSe/c6-1-5(2-7,3-8)4-11-12(9,10)13/h6-8H,1-4H2,(H2,9,10,13)/p-2. The molecule has 0 aliphatic carbocycles. The summed E-state index contributed by atoms with van der Waals surface area (Å²) < 4.78 is 14.9. The summed E-state index contributed by atoms with van der Waals surface area (Å²) in [6.07, 6.45) is -4.01. The van der Waals surface area contributed by atoms with Gasteiger partial charge < -0.3 is 0 Å². The molecule has 0 saturated heterocycles. The average Bonchev–Trinajstić information content (AvgIpc) is 2.06. The van der Waals surface area contributed by atoms with E-state index in [1.54, 1.807) is 15.6 Å². The van der Waals surface area contributed by atoms with Crippen molar-refractivity contribution < 1.29 is 29.3 Å². The summed E-state index contributed by atoms with van der Waals surface area (Å²) in [7, 11) is 0. The first kappa shape index (κ1) is 13.5. The van der Waals surface area contributed by atoms with Crippen molar-refractivity contribution in [2.45, 2.75) is 0 Å². The summed E-state index contributed by atoms with van der Waals surface area (Å²) in [5, 5.41) is 26.3. The molecule has 0 bridgehead atoms. The molecule has 0 aromatic carbocycles. The monoisotopic (exact) mass is 278 g/mol. The van der Waals surface area contributed by atoms with E-state index in [0.717, 1.165) is 0 Å². The Morgan fingerprint density at radius 2 is 1.69 bits per heavy atom. The molecule has 8 heteroatoms. The van der Waals surface area contributed by atoms with Crippen LogP contribution in [0.1, 0.15) is 0 Å². The number of hydrogen-bond donors (Lipinski definition) is 3. The minimum absolute atomic E-state index is 0.454. The SMILES string of the molecule is O=P([O-])([Se-])OCC(CO)(CO)CO. The molecule has 0 aromatic heterocycles. The van der Waals surface area contributed by atoms with Gasteiger partial charge in [-0.15, -0.1) is 0 Å². The summed E-state index contributed by atoms with van der Waals surface area (Å²) in [6, 6.07) is 0. The maximum absolute atomic E-state index is 10.5. The van der Waals surface area contributed by atoms with Crippen LogP contribution in [-0.2, 0) is 9.09 Å². The molecule has 13 heavy (non-hydrogen) atoms. The van der Waals surface area contributed by atoms with Crippen LogP contribution in [0.25, 0.3) is 0 Å². The van der Waals surface area contributed by atoms with Crippen molar-refractivity contribution in [2.24, 2.45) is 5.41 Å². The topological polar surface area (TPSA) is 110 Å². The van der Waals surface area contributed by atoms with Gasteiger partial charge in [0.2, 0.25) is 0 Å². The van der Waals surface area contributed by atoms with Crippen molar-refractivity contribution in [1.82, 2.24) is 0 Å². The number of aliphatic hydroxyl groups excluding tert-OH is 3. The van der Waals surface area contributed by atoms with Crippen molar-refractivity contribution >= 4 is 21.9 Å². The van der Waals surface area contributed by atoms with Gasteiger partial charge in [0.15, 0.2) is 0 Å². The molecule has 0 heterocycles. The van der Waals surface area contributed by atoms with Crippen LogP contribution in [0, 0.1) is 5.41 Å². The second kappa shape index (κ2) is 5.44. The van der Waals surface area contributed by atoms with E-state index in [4.69, 9.17) is 15.3 Å². The van der Waals surface area contributed by atoms with Crippen molar-refractivity contribution in [3.05, 3.63) is 0 Å². The third-order valence-corrected chi connectivity index (χ3v) is 2.64. The molecule has 0 aliphatic heterocycles. The van der Waals surface area contributed by atoms with Gasteiger partial charge in [0.25, 0.3) is 0 Å². The second-order valence-corrected chi connectivity index (χ2v) is 6.66. The quantitative estimate of drug-likeness (QED) is 0.369. The van der Waals surface area contributed by atoms with E-state index in [9.17, 15) is 9.46 Å². The van der Waals surface area contributed by atoms with Crippen LogP contribution >= 0.6 is 6.29 Å². The van der Waals surface area contributed by atoms with Crippen molar-refractivity contribution in [3.8, 4) is 0 Å². The molecule has 0 radical (unpaired) electrons. The fourth-order valence-electron chi connectivity index (χ4n) is 0.503. The zero-order valence-electron chi connectivity index (χ0n) is 6.75. The fraction of sp³-hybridized carbons (Fsp3) is 1.00. The predicted octanol–water partition coefficient (Wildman–Crippen LogP) is -2.40. The summed E-state index contributed by atoms with van der Waals surface area (Å²) in [6.45, 7) is -2.12. The fourth-order valence-corrected chi connectivity index (χ4v) is 1.27. The van der Waals surface area contributed by atoms with Crippen LogP contribution in [0.2, 0.25) is 0 Å². The zero-order chi connectivity index (χ0) is 10.5. The van der Waals surface area contributed by atoms with Crippen molar-refractivity contribution in [2.75, 3.05) is 26.4 Å².